The molecule has 2 fully saturated rings. The lowest BCUT2D eigenvalue weighted by Crippen LogP contribution is -2.61. The Kier molecular flexibility index (Phi) is 11.4. The molecule has 18 nitrogen and oxygen atoms in total. The maximum absolute atomic E-state index is 14.0. The van der Waals surface area contributed by atoms with E-state index >= 15 is 0 Å². The van der Waals surface area contributed by atoms with Crippen LogP contribution >= 0.6 is 0 Å². The van der Waals surface area contributed by atoms with Crippen LogP contribution in [0.25, 0.3) is 28.4 Å². The van der Waals surface area contributed by atoms with Crippen LogP contribution in [-0.4, -0.2) is 132 Å². The van der Waals surface area contributed by atoms with E-state index in [-0.39, 0.29) is 34.2 Å². The van der Waals surface area contributed by atoms with Gasteiger partial charge in [0.1, 0.15) is 76.7 Å². The highest BCUT2D eigenvalue weighted by atomic mass is 16.7. The second kappa shape index (κ2) is 16.0. The molecule has 0 spiro atoms. The number of esters is 1. The molecule has 2 aliphatic rings. The van der Waals surface area contributed by atoms with Crippen LogP contribution in [0, 0.1) is 0 Å². The van der Waals surface area contributed by atoms with Crippen molar-refractivity contribution in [1.82, 2.24) is 0 Å². The van der Waals surface area contributed by atoms with Crippen molar-refractivity contribution < 1.29 is 84.0 Å². The van der Waals surface area contributed by atoms with Crippen molar-refractivity contribution >= 4 is 23.0 Å². The van der Waals surface area contributed by atoms with Gasteiger partial charge in [0.25, 0.3) is 0 Å². The van der Waals surface area contributed by atoms with Gasteiger partial charge in [-0.1, -0.05) is 12.1 Å². The predicted octanol–water partition coefficient (Wildman–Crippen LogP) is -0.802. The van der Waals surface area contributed by atoms with E-state index in [1.807, 2.05) is 0 Å². The summed E-state index contributed by atoms with van der Waals surface area (Å²) in [5, 5.41) is 102. The quantitative estimate of drug-likeness (QED) is 0.0700. The Morgan fingerprint density at radius 3 is 1.96 bits per heavy atom. The number of hydrogen-bond donors (Lipinski definition) is 10. The van der Waals surface area contributed by atoms with Gasteiger partial charge in [-0.3, -0.25) is 4.79 Å². The highest BCUT2D eigenvalue weighted by Crippen LogP contribution is 2.38. The zero-order chi connectivity index (χ0) is 38.8. The predicted molar refractivity (Wildman–Crippen MR) is 181 cm³/mol. The molecular formula is C36H36O18. The third kappa shape index (κ3) is 7.82. The van der Waals surface area contributed by atoms with Gasteiger partial charge >= 0.3 is 5.97 Å². The van der Waals surface area contributed by atoms with Gasteiger partial charge in [0.05, 0.1) is 13.2 Å². The van der Waals surface area contributed by atoms with E-state index in [2.05, 4.69) is 0 Å². The molecule has 4 aromatic rings. The normalized spacial score (nSPS) is 28.6. The molecule has 0 radical (unpaired) electrons. The molecule has 2 aliphatic heterocycles. The number of fused-ring (bicyclic) bond motifs is 1. The first-order valence-corrected chi connectivity index (χ1v) is 16.4. The molecule has 0 amide bonds. The van der Waals surface area contributed by atoms with Gasteiger partial charge in [0.2, 0.25) is 23.8 Å². The Labute approximate surface area is 304 Å². The summed E-state index contributed by atoms with van der Waals surface area (Å²) in [7, 11) is 0. The lowest BCUT2D eigenvalue weighted by molar-refractivity contribution is -0.280. The number of benzene rings is 3. The van der Waals surface area contributed by atoms with Gasteiger partial charge in [-0.25, -0.2) is 4.79 Å². The Bertz CT molecular complexity index is 2020. The van der Waals surface area contributed by atoms with Gasteiger partial charge in [0.15, 0.2) is 11.9 Å². The Hall–Kier alpha value is -5.28. The molecule has 10 unspecified atom stereocenters. The van der Waals surface area contributed by atoms with Gasteiger partial charge in [0, 0.05) is 23.8 Å². The van der Waals surface area contributed by atoms with E-state index in [4.69, 9.17) is 28.1 Å². The van der Waals surface area contributed by atoms with Crippen molar-refractivity contribution in [1.29, 1.82) is 0 Å². The van der Waals surface area contributed by atoms with E-state index in [1.165, 1.54) is 54.6 Å². The van der Waals surface area contributed by atoms with E-state index in [0.29, 0.717) is 5.56 Å². The Balaban J connectivity index is 1.30. The van der Waals surface area contributed by atoms with E-state index in [9.17, 15) is 60.7 Å². The largest absolute Gasteiger partial charge is 0.508 e. The molecule has 10 N–H and O–H groups in total. The summed E-state index contributed by atoms with van der Waals surface area (Å²) in [4.78, 5) is 26.6. The molecule has 2 saturated heterocycles. The molecular weight excluding hydrogens is 720 g/mol. The monoisotopic (exact) mass is 756 g/mol. The fraction of sp³-hybridized carbons (Fsp3) is 0.333. The number of carbonyl (C=O) groups excluding carboxylic acids is 1. The summed E-state index contributed by atoms with van der Waals surface area (Å²) in [6, 6.07) is 13.1. The Morgan fingerprint density at radius 2 is 1.31 bits per heavy atom. The minimum Gasteiger partial charge on any atom is -0.508 e. The number of rotatable bonds is 10. The molecule has 3 aromatic carbocycles. The molecule has 6 rings (SSSR count). The highest BCUT2D eigenvalue weighted by molar-refractivity contribution is 5.88. The second-order valence-electron chi connectivity index (χ2n) is 12.4. The van der Waals surface area contributed by atoms with Crippen LogP contribution in [0.5, 0.6) is 28.7 Å². The van der Waals surface area contributed by atoms with Crippen molar-refractivity contribution in [3.8, 4) is 40.1 Å². The third-order valence-corrected chi connectivity index (χ3v) is 8.75. The van der Waals surface area contributed by atoms with E-state index in [0.717, 1.165) is 18.2 Å². The number of aromatic hydroxyl groups is 3. The van der Waals surface area contributed by atoms with E-state index in [1.54, 1.807) is 0 Å². The number of hydrogen-bond acceptors (Lipinski definition) is 18. The molecule has 54 heavy (non-hydrogen) atoms. The fourth-order valence-electron chi connectivity index (χ4n) is 5.87. The average Bonchev–Trinajstić information content (AvgIpc) is 3.15. The SMILES string of the molecule is O=C(C=Cc1ccc(O)cc1)OC1C(CO)OC(Oc2c(-c3ccc(O)cc3)oc3cc(OC4OC(CO)C(O)C(O)C4O)cc(O)c3c2=O)C(O)C1O. The summed E-state index contributed by atoms with van der Waals surface area (Å²) in [5.74, 6) is -3.12. The van der Waals surface area contributed by atoms with Crippen molar-refractivity contribution in [2.24, 2.45) is 0 Å². The molecule has 0 bridgehead atoms. The molecule has 18 heteroatoms. The van der Waals surface area contributed by atoms with E-state index < -0.39 is 103 Å². The smallest absolute Gasteiger partial charge is 0.331 e. The highest BCUT2D eigenvalue weighted by Gasteiger charge is 2.48. The van der Waals surface area contributed by atoms with Gasteiger partial charge < -0.3 is 79.2 Å². The number of phenols is 3. The van der Waals surface area contributed by atoms with Gasteiger partial charge in [-0.05, 0) is 48.0 Å². The summed E-state index contributed by atoms with van der Waals surface area (Å²) in [6.45, 7) is -1.58. The maximum atomic E-state index is 14.0. The summed E-state index contributed by atoms with van der Waals surface area (Å²) in [6.07, 6.45) is -14.8. The van der Waals surface area contributed by atoms with Crippen LogP contribution in [0.2, 0.25) is 0 Å². The third-order valence-electron chi connectivity index (χ3n) is 8.75. The lowest BCUT2D eigenvalue weighted by atomic mass is 9.99. The topological polar surface area (TPSA) is 296 Å². The standard InChI is InChI=1S/C36H36O18/c37-13-22-26(43)28(45)30(47)35(51-22)49-19-11-20(41)25-21(12-19)50-32(16-4-8-18(40)9-5-16)34(27(25)44)54-36-31(48)29(46)33(23(14-38)52-36)53-24(42)10-3-15-1-6-17(39)7-2-15/h1-12,22-23,26,28-31,33,35-41,43,45-48H,13-14H2. The minimum absolute atomic E-state index is 0.0102. The van der Waals surface area contributed by atoms with Crippen molar-refractivity contribution in [2.75, 3.05) is 13.2 Å². The van der Waals surface area contributed by atoms with Crippen molar-refractivity contribution in [3.05, 3.63) is 82.5 Å². The van der Waals surface area contributed by atoms with Crippen molar-refractivity contribution in [2.45, 2.75) is 61.4 Å². The van der Waals surface area contributed by atoms with Crippen molar-refractivity contribution in [3.63, 3.8) is 0 Å². The first-order valence-electron chi connectivity index (χ1n) is 16.4. The van der Waals surface area contributed by atoms with Gasteiger partial charge in [-0.15, -0.1) is 0 Å². The fourth-order valence-corrected chi connectivity index (χ4v) is 5.87. The van der Waals surface area contributed by atoms with Crippen LogP contribution in [0.1, 0.15) is 5.56 Å². The zero-order valence-electron chi connectivity index (χ0n) is 27.9. The first kappa shape index (κ1) is 38.4. The van der Waals surface area contributed by atoms with Crippen LogP contribution in [0.4, 0.5) is 0 Å². The molecule has 10 atom stereocenters. The average molecular weight is 757 g/mol. The maximum Gasteiger partial charge on any atom is 0.331 e. The number of carbonyl (C=O) groups is 1. The lowest BCUT2D eigenvalue weighted by Gasteiger charge is -2.41. The zero-order valence-corrected chi connectivity index (χ0v) is 27.9. The summed E-state index contributed by atoms with van der Waals surface area (Å²) < 4.78 is 33.7. The molecule has 288 valence electrons. The van der Waals surface area contributed by atoms with Gasteiger partial charge in [-0.2, -0.15) is 0 Å². The van der Waals surface area contributed by atoms with Crippen LogP contribution < -0.4 is 14.9 Å². The number of aliphatic hydroxyl groups excluding tert-OH is 7. The van der Waals surface area contributed by atoms with Crippen LogP contribution in [-0.2, 0) is 19.0 Å². The molecule has 0 saturated carbocycles. The van der Waals surface area contributed by atoms with Crippen LogP contribution in [0.3, 0.4) is 0 Å². The van der Waals surface area contributed by atoms with Crippen LogP contribution in [0.15, 0.2) is 76.0 Å². The summed E-state index contributed by atoms with van der Waals surface area (Å²) >= 11 is 0. The molecule has 3 heterocycles. The number of ether oxygens (including phenoxy) is 5. The second-order valence-corrected chi connectivity index (χ2v) is 12.4. The minimum atomic E-state index is -2.00. The molecule has 1 aromatic heterocycles. The molecule has 0 aliphatic carbocycles. The Morgan fingerprint density at radius 1 is 0.722 bits per heavy atom. The summed E-state index contributed by atoms with van der Waals surface area (Å²) in [5.41, 5.74) is -0.700. The first-order chi connectivity index (χ1) is 25.8. The number of aliphatic hydroxyl groups is 7. The number of phenolic OH excluding ortho intramolecular Hbond substituents is 3.